The number of rotatable bonds is 2. The van der Waals surface area contributed by atoms with E-state index in [-0.39, 0.29) is 11.1 Å². The molecule has 4 heteroatoms. The molecule has 1 aromatic carbocycles. The molecule has 0 amide bonds. The van der Waals surface area contributed by atoms with Crippen molar-refractivity contribution in [2.75, 3.05) is 0 Å². The quantitative estimate of drug-likeness (QED) is 0.833. The predicted octanol–water partition coefficient (Wildman–Crippen LogP) is 2.22. The highest BCUT2D eigenvalue weighted by molar-refractivity contribution is 6.04. The SMILES string of the molecule is O=C(O)c1c2c(c(C(=O)O)c3c1CC=C3)CC=C2. The van der Waals surface area contributed by atoms with Crippen LogP contribution in [0.15, 0.2) is 12.2 Å². The van der Waals surface area contributed by atoms with E-state index in [0.29, 0.717) is 35.1 Å². The fraction of sp³-hybridized carbons (Fsp3) is 0.143. The van der Waals surface area contributed by atoms with Crippen molar-refractivity contribution < 1.29 is 19.8 Å². The maximum atomic E-state index is 11.4. The Morgan fingerprint density at radius 3 is 1.56 bits per heavy atom. The molecule has 2 aliphatic rings. The van der Waals surface area contributed by atoms with Gasteiger partial charge in [0.05, 0.1) is 11.1 Å². The molecule has 0 aromatic heterocycles. The van der Waals surface area contributed by atoms with Crippen LogP contribution in [0, 0.1) is 0 Å². The molecular weight excluding hydrogens is 232 g/mol. The summed E-state index contributed by atoms with van der Waals surface area (Å²) in [4.78, 5) is 22.8. The average molecular weight is 242 g/mol. The normalized spacial score (nSPS) is 14.7. The van der Waals surface area contributed by atoms with E-state index in [2.05, 4.69) is 0 Å². The minimum atomic E-state index is -0.991. The monoisotopic (exact) mass is 242 g/mol. The maximum absolute atomic E-state index is 11.4. The van der Waals surface area contributed by atoms with E-state index in [9.17, 15) is 19.8 Å². The molecule has 0 fully saturated rings. The van der Waals surface area contributed by atoms with Gasteiger partial charge in [-0.2, -0.15) is 0 Å². The Labute approximate surface area is 103 Å². The third kappa shape index (κ3) is 1.26. The summed E-state index contributed by atoms with van der Waals surface area (Å²) in [5.74, 6) is -1.98. The van der Waals surface area contributed by atoms with E-state index in [1.54, 1.807) is 12.2 Å². The summed E-state index contributed by atoms with van der Waals surface area (Å²) in [5.41, 5.74) is 2.85. The Morgan fingerprint density at radius 2 is 1.22 bits per heavy atom. The Hall–Kier alpha value is -2.36. The molecule has 3 rings (SSSR count). The molecule has 0 unspecified atom stereocenters. The van der Waals surface area contributed by atoms with Crippen LogP contribution in [0.5, 0.6) is 0 Å². The van der Waals surface area contributed by atoms with Crippen LogP contribution in [0.25, 0.3) is 12.2 Å². The minimum absolute atomic E-state index is 0.253. The number of allylic oxidation sites excluding steroid dienone is 2. The Kier molecular flexibility index (Phi) is 2.13. The number of carbonyl (C=O) groups is 2. The molecule has 0 atom stereocenters. The van der Waals surface area contributed by atoms with Gasteiger partial charge in [-0.1, -0.05) is 24.3 Å². The van der Waals surface area contributed by atoms with Crippen LogP contribution in [-0.4, -0.2) is 22.2 Å². The van der Waals surface area contributed by atoms with Crippen molar-refractivity contribution in [3.8, 4) is 0 Å². The van der Waals surface area contributed by atoms with Crippen molar-refractivity contribution in [1.82, 2.24) is 0 Å². The largest absolute Gasteiger partial charge is 0.478 e. The smallest absolute Gasteiger partial charge is 0.336 e. The van der Waals surface area contributed by atoms with Crippen LogP contribution in [0.1, 0.15) is 43.0 Å². The highest BCUT2D eigenvalue weighted by Crippen LogP contribution is 2.37. The number of benzene rings is 1. The van der Waals surface area contributed by atoms with E-state index in [0.717, 1.165) is 0 Å². The van der Waals surface area contributed by atoms with E-state index in [1.165, 1.54) is 0 Å². The number of carboxylic acids is 2. The molecule has 0 heterocycles. The van der Waals surface area contributed by atoms with Gasteiger partial charge in [-0.15, -0.1) is 0 Å². The fourth-order valence-electron chi connectivity index (χ4n) is 2.77. The lowest BCUT2D eigenvalue weighted by molar-refractivity contribution is 0.0679. The lowest BCUT2D eigenvalue weighted by Crippen LogP contribution is -2.13. The summed E-state index contributed by atoms with van der Waals surface area (Å²) >= 11 is 0. The second-order valence-electron chi connectivity index (χ2n) is 4.36. The molecule has 0 bridgehead atoms. The summed E-state index contributed by atoms with van der Waals surface area (Å²) in [7, 11) is 0. The molecule has 18 heavy (non-hydrogen) atoms. The number of aromatic carboxylic acids is 2. The van der Waals surface area contributed by atoms with Gasteiger partial charge in [-0.05, 0) is 35.1 Å². The molecular formula is C14H10O4. The molecule has 0 saturated carbocycles. The standard InChI is InChI=1S/C14H10O4/c15-13(16)11-7-3-1-4-8(7)12(14(17)18)10-6-2-5-9(10)11/h1-3,6H,4-5H2,(H,15,16)(H,17,18). The lowest BCUT2D eigenvalue weighted by atomic mass is 9.88. The number of carboxylic acid groups (broad SMARTS) is 2. The zero-order valence-electron chi connectivity index (χ0n) is 9.43. The van der Waals surface area contributed by atoms with Gasteiger partial charge in [0, 0.05) is 0 Å². The van der Waals surface area contributed by atoms with Gasteiger partial charge in [0.1, 0.15) is 0 Å². The molecule has 0 radical (unpaired) electrons. The first-order valence-electron chi connectivity index (χ1n) is 5.62. The average Bonchev–Trinajstić information content (AvgIpc) is 2.91. The molecule has 0 spiro atoms. The van der Waals surface area contributed by atoms with Crippen LogP contribution in [-0.2, 0) is 12.8 Å². The third-order valence-corrected chi connectivity index (χ3v) is 3.43. The van der Waals surface area contributed by atoms with Crippen LogP contribution in [0.4, 0.5) is 0 Å². The molecule has 2 N–H and O–H groups in total. The number of hydrogen-bond donors (Lipinski definition) is 2. The Balaban J connectivity index is 2.44. The molecule has 4 nitrogen and oxygen atoms in total. The van der Waals surface area contributed by atoms with Gasteiger partial charge in [0.15, 0.2) is 0 Å². The van der Waals surface area contributed by atoms with Gasteiger partial charge < -0.3 is 10.2 Å². The van der Waals surface area contributed by atoms with Gasteiger partial charge in [0.25, 0.3) is 0 Å². The van der Waals surface area contributed by atoms with Crippen molar-refractivity contribution in [1.29, 1.82) is 0 Å². The molecule has 2 aliphatic carbocycles. The predicted molar refractivity (Wildman–Crippen MR) is 65.8 cm³/mol. The second-order valence-corrected chi connectivity index (χ2v) is 4.36. The highest BCUT2D eigenvalue weighted by atomic mass is 16.4. The zero-order valence-corrected chi connectivity index (χ0v) is 9.43. The Bertz CT molecular complexity index is 593. The Morgan fingerprint density at radius 1 is 0.833 bits per heavy atom. The molecule has 0 aliphatic heterocycles. The van der Waals surface area contributed by atoms with Crippen molar-refractivity contribution in [2.24, 2.45) is 0 Å². The number of hydrogen-bond acceptors (Lipinski definition) is 2. The van der Waals surface area contributed by atoms with Crippen LogP contribution in [0.2, 0.25) is 0 Å². The van der Waals surface area contributed by atoms with Crippen molar-refractivity contribution in [2.45, 2.75) is 12.8 Å². The van der Waals surface area contributed by atoms with Crippen molar-refractivity contribution in [3.63, 3.8) is 0 Å². The van der Waals surface area contributed by atoms with Gasteiger partial charge in [-0.25, -0.2) is 9.59 Å². The lowest BCUT2D eigenvalue weighted by Gasteiger charge is -2.14. The summed E-state index contributed by atoms with van der Waals surface area (Å²) in [5, 5.41) is 18.7. The third-order valence-electron chi connectivity index (χ3n) is 3.43. The molecule has 1 aromatic rings. The van der Waals surface area contributed by atoms with E-state index >= 15 is 0 Å². The highest BCUT2D eigenvalue weighted by Gasteiger charge is 2.30. The van der Waals surface area contributed by atoms with Crippen LogP contribution in [0.3, 0.4) is 0 Å². The maximum Gasteiger partial charge on any atom is 0.336 e. The summed E-state index contributed by atoms with van der Waals surface area (Å²) in [6, 6.07) is 0. The minimum Gasteiger partial charge on any atom is -0.478 e. The van der Waals surface area contributed by atoms with Crippen molar-refractivity contribution >= 4 is 24.1 Å². The van der Waals surface area contributed by atoms with Gasteiger partial charge >= 0.3 is 11.9 Å². The number of fused-ring (bicyclic) bond motifs is 2. The summed E-state index contributed by atoms with van der Waals surface area (Å²) in [6.45, 7) is 0. The molecule has 90 valence electrons. The fourth-order valence-corrected chi connectivity index (χ4v) is 2.77. The summed E-state index contributed by atoms with van der Waals surface area (Å²) < 4.78 is 0. The first-order valence-corrected chi connectivity index (χ1v) is 5.62. The summed E-state index contributed by atoms with van der Waals surface area (Å²) in [6.07, 6.45) is 8.01. The van der Waals surface area contributed by atoms with Gasteiger partial charge in [0.2, 0.25) is 0 Å². The molecule has 0 saturated heterocycles. The zero-order chi connectivity index (χ0) is 12.9. The van der Waals surface area contributed by atoms with Crippen molar-refractivity contribution in [3.05, 3.63) is 45.5 Å². The van der Waals surface area contributed by atoms with E-state index in [4.69, 9.17) is 0 Å². The van der Waals surface area contributed by atoms with Crippen LogP contribution >= 0.6 is 0 Å². The first-order chi connectivity index (χ1) is 8.61. The first kappa shape index (κ1) is 10.8. The second kappa shape index (κ2) is 3.57. The van der Waals surface area contributed by atoms with Gasteiger partial charge in [-0.3, -0.25) is 0 Å². The van der Waals surface area contributed by atoms with Crippen LogP contribution < -0.4 is 0 Å². The topological polar surface area (TPSA) is 74.6 Å². The van der Waals surface area contributed by atoms with E-state index in [1.807, 2.05) is 12.2 Å². The van der Waals surface area contributed by atoms with E-state index < -0.39 is 11.9 Å².